The quantitative estimate of drug-likeness (QED) is 0.570. The molecule has 3 rings (SSSR count). The molecular formula is C22H24N2O4. The number of nitrogens with one attached hydrogen (secondary N) is 2. The van der Waals surface area contributed by atoms with Crippen LogP contribution in [0.3, 0.4) is 0 Å². The van der Waals surface area contributed by atoms with E-state index in [4.69, 9.17) is 9.47 Å². The average Bonchev–Trinajstić information content (AvgIpc) is 3.22. The highest BCUT2D eigenvalue weighted by atomic mass is 16.5. The molecule has 2 amide bonds. The molecule has 0 heterocycles. The Labute approximate surface area is 164 Å². The standard InChI is InChI=1S/C22H24N2O4/c1-27-15-14-16-6-10-19(11-7-16)28-20-12-8-18(9-13-20)24-22(26)21(25)23-17-4-2-3-5-17/h2-3,6-13,17H,4-5,14-15H2,1H3,(H,23,25)(H,24,26). The second-order valence-electron chi connectivity index (χ2n) is 6.58. The first-order valence-corrected chi connectivity index (χ1v) is 9.26. The van der Waals surface area contributed by atoms with Crippen LogP contribution in [0.1, 0.15) is 18.4 Å². The molecular weight excluding hydrogens is 356 g/mol. The normalized spacial score (nSPS) is 13.3. The first kappa shape index (κ1) is 19.6. The minimum atomic E-state index is -0.674. The molecule has 1 aliphatic carbocycles. The van der Waals surface area contributed by atoms with Crippen LogP contribution < -0.4 is 15.4 Å². The number of ether oxygens (including phenoxy) is 2. The van der Waals surface area contributed by atoms with E-state index in [9.17, 15) is 9.59 Å². The van der Waals surface area contributed by atoms with Crippen molar-refractivity contribution >= 4 is 17.5 Å². The molecule has 0 fully saturated rings. The highest BCUT2D eigenvalue weighted by molar-refractivity contribution is 6.39. The molecule has 0 aliphatic heterocycles. The summed E-state index contributed by atoms with van der Waals surface area (Å²) < 4.78 is 10.9. The van der Waals surface area contributed by atoms with Crippen molar-refractivity contribution < 1.29 is 19.1 Å². The molecule has 2 aromatic carbocycles. The van der Waals surface area contributed by atoms with Gasteiger partial charge in [0.25, 0.3) is 0 Å². The molecule has 0 atom stereocenters. The van der Waals surface area contributed by atoms with Gasteiger partial charge in [-0.1, -0.05) is 24.3 Å². The number of methoxy groups -OCH3 is 1. The fourth-order valence-corrected chi connectivity index (χ4v) is 2.86. The van der Waals surface area contributed by atoms with E-state index in [1.165, 1.54) is 5.56 Å². The maximum absolute atomic E-state index is 12.0. The Morgan fingerprint density at radius 3 is 2.14 bits per heavy atom. The lowest BCUT2D eigenvalue weighted by atomic mass is 10.1. The summed E-state index contributed by atoms with van der Waals surface area (Å²) in [7, 11) is 1.68. The molecule has 1 aliphatic rings. The lowest BCUT2D eigenvalue weighted by Gasteiger charge is -2.12. The summed E-state index contributed by atoms with van der Waals surface area (Å²) in [4.78, 5) is 23.9. The van der Waals surface area contributed by atoms with Crippen molar-refractivity contribution in [1.82, 2.24) is 5.32 Å². The Hall–Kier alpha value is -3.12. The van der Waals surface area contributed by atoms with Gasteiger partial charge in [0.05, 0.1) is 6.61 Å². The summed E-state index contributed by atoms with van der Waals surface area (Å²) in [6, 6.07) is 14.7. The fourth-order valence-electron chi connectivity index (χ4n) is 2.86. The van der Waals surface area contributed by atoms with Gasteiger partial charge in [0, 0.05) is 18.8 Å². The van der Waals surface area contributed by atoms with Crippen molar-refractivity contribution in [2.75, 3.05) is 19.0 Å². The van der Waals surface area contributed by atoms with E-state index in [2.05, 4.69) is 10.6 Å². The van der Waals surface area contributed by atoms with Crippen molar-refractivity contribution in [2.24, 2.45) is 0 Å². The molecule has 2 aromatic rings. The first-order chi connectivity index (χ1) is 13.6. The van der Waals surface area contributed by atoms with Gasteiger partial charge < -0.3 is 20.1 Å². The molecule has 0 saturated heterocycles. The minimum absolute atomic E-state index is 0.00918. The average molecular weight is 380 g/mol. The van der Waals surface area contributed by atoms with Crippen molar-refractivity contribution in [3.05, 3.63) is 66.2 Å². The highest BCUT2D eigenvalue weighted by Crippen LogP contribution is 2.23. The van der Waals surface area contributed by atoms with Crippen LogP contribution in [0, 0.1) is 0 Å². The third kappa shape index (κ3) is 5.69. The smallest absolute Gasteiger partial charge is 0.313 e. The number of benzene rings is 2. The molecule has 146 valence electrons. The number of amides is 2. The second kappa shape index (κ2) is 9.71. The molecule has 6 nitrogen and oxygen atoms in total. The third-order valence-electron chi connectivity index (χ3n) is 4.42. The summed E-state index contributed by atoms with van der Waals surface area (Å²) in [5, 5.41) is 5.31. The van der Waals surface area contributed by atoms with Crippen LogP contribution in [0.4, 0.5) is 5.69 Å². The Morgan fingerprint density at radius 1 is 0.929 bits per heavy atom. The number of carbonyl (C=O) groups is 2. The molecule has 0 saturated carbocycles. The molecule has 0 bridgehead atoms. The lowest BCUT2D eigenvalue weighted by Crippen LogP contribution is -2.40. The van der Waals surface area contributed by atoms with E-state index in [1.54, 1.807) is 31.4 Å². The number of anilines is 1. The molecule has 2 N–H and O–H groups in total. The maximum atomic E-state index is 12.0. The van der Waals surface area contributed by atoms with Gasteiger partial charge in [-0.05, 0) is 61.2 Å². The Balaban J connectivity index is 1.50. The van der Waals surface area contributed by atoms with Crippen molar-refractivity contribution in [2.45, 2.75) is 25.3 Å². The van der Waals surface area contributed by atoms with Crippen LogP contribution in [-0.2, 0) is 20.7 Å². The van der Waals surface area contributed by atoms with Crippen LogP contribution in [-0.4, -0.2) is 31.6 Å². The van der Waals surface area contributed by atoms with E-state index >= 15 is 0 Å². The highest BCUT2D eigenvalue weighted by Gasteiger charge is 2.19. The monoisotopic (exact) mass is 380 g/mol. The summed E-state index contributed by atoms with van der Waals surface area (Å²) in [6.45, 7) is 0.683. The number of rotatable bonds is 7. The molecule has 0 spiro atoms. The van der Waals surface area contributed by atoms with Crippen LogP contribution in [0.15, 0.2) is 60.7 Å². The van der Waals surface area contributed by atoms with Crippen LogP contribution >= 0.6 is 0 Å². The zero-order valence-electron chi connectivity index (χ0n) is 15.8. The summed E-state index contributed by atoms with van der Waals surface area (Å²) in [6.07, 6.45) is 6.37. The molecule has 0 unspecified atom stereocenters. The SMILES string of the molecule is COCCc1ccc(Oc2ccc(NC(=O)C(=O)NC3CC=CC3)cc2)cc1. The third-order valence-corrected chi connectivity index (χ3v) is 4.42. The largest absolute Gasteiger partial charge is 0.457 e. The van der Waals surface area contributed by atoms with Crippen molar-refractivity contribution in [3.8, 4) is 11.5 Å². The van der Waals surface area contributed by atoms with Gasteiger partial charge in [0.2, 0.25) is 0 Å². The topological polar surface area (TPSA) is 76.7 Å². The lowest BCUT2D eigenvalue weighted by molar-refractivity contribution is -0.136. The van der Waals surface area contributed by atoms with Crippen LogP contribution in [0.25, 0.3) is 0 Å². The number of hydrogen-bond donors (Lipinski definition) is 2. The van der Waals surface area contributed by atoms with Crippen LogP contribution in [0.5, 0.6) is 11.5 Å². The van der Waals surface area contributed by atoms with E-state index in [1.807, 2.05) is 36.4 Å². The van der Waals surface area contributed by atoms with Gasteiger partial charge in [0.15, 0.2) is 0 Å². The van der Waals surface area contributed by atoms with E-state index in [0.29, 0.717) is 18.0 Å². The van der Waals surface area contributed by atoms with Gasteiger partial charge in [-0.2, -0.15) is 0 Å². The van der Waals surface area contributed by atoms with Gasteiger partial charge in [-0.25, -0.2) is 0 Å². The zero-order chi connectivity index (χ0) is 19.8. The maximum Gasteiger partial charge on any atom is 0.313 e. The summed E-state index contributed by atoms with van der Waals surface area (Å²) in [5.41, 5.74) is 1.71. The Morgan fingerprint density at radius 2 is 1.54 bits per heavy atom. The fraction of sp³-hybridized carbons (Fsp3) is 0.273. The molecule has 0 aromatic heterocycles. The predicted octanol–water partition coefficient (Wildman–Crippen LogP) is 3.44. The molecule has 28 heavy (non-hydrogen) atoms. The van der Waals surface area contributed by atoms with E-state index in [-0.39, 0.29) is 6.04 Å². The summed E-state index contributed by atoms with van der Waals surface area (Å²) in [5.74, 6) is 0.0708. The van der Waals surface area contributed by atoms with Gasteiger partial charge in [-0.15, -0.1) is 0 Å². The van der Waals surface area contributed by atoms with Crippen molar-refractivity contribution in [1.29, 1.82) is 0 Å². The van der Waals surface area contributed by atoms with Gasteiger partial charge in [0.1, 0.15) is 11.5 Å². The number of carbonyl (C=O) groups excluding carboxylic acids is 2. The summed E-state index contributed by atoms with van der Waals surface area (Å²) >= 11 is 0. The Bertz CT molecular complexity index is 821. The first-order valence-electron chi connectivity index (χ1n) is 9.26. The zero-order valence-corrected chi connectivity index (χ0v) is 15.8. The van der Waals surface area contributed by atoms with E-state index in [0.717, 1.165) is 25.0 Å². The van der Waals surface area contributed by atoms with Crippen LogP contribution in [0.2, 0.25) is 0 Å². The second-order valence-corrected chi connectivity index (χ2v) is 6.58. The van der Waals surface area contributed by atoms with Crippen molar-refractivity contribution in [3.63, 3.8) is 0 Å². The van der Waals surface area contributed by atoms with Gasteiger partial charge >= 0.3 is 11.8 Å². The minimum Gasteiger partial charge on any atom is -0.457 e. The van der Waals surface area contributed by atoms with Gasteiger partial charge in [-0.3, -0.25) is 9.59 Å². The number of hydrogen-bond acceptors (Lipinski definition) is 4. The molecule has 6 heteroatoms. The Kier molecular flexibility index (Phi) is 6.81. The molecule has 0 radical (unpaired) electrons. The van der Waals surface area contributed by atoms with E-state index < -0.39 is 11.8 Å². The predicted molar refractivity (Wildman–Crippen MR) is 107 cm³/mol.